The SMILES string of the molecule is COc1cc(CNCC2CCOC2)cc(Cl)c1OC. The zero-order chi connectivity index (χ0) is 13.7. The number of hydrogen-bond acceptors (Lipinski definition) is 4. The highest BCUT2D eigenvalue weighted by molar-refractivity contribution is 6.32. The summed E-state index contributed by atoms with van der Waals surface area (Å²) in [5.74, 6) is 1.86. The summed E-state index contributed by atoms with van der Waals surface area (Å²) in [6, 6.07) is 3.85. The standard InChI is InChI=1S/C14H20ClNO3/c1-17-13-6-11(5-12(15)14(13)18-2)8-16-7-10-3-4-19-9-10/h5-6,10,16H,3-4,7-9H2,1-2H3. The fourth-order valence-electron chi connectivity index (χ4n) is 2.24. The Morgan fingerprint density at radius 2 is 2.21 bits per heavy atom. The minimum absolute atomic E-state index is 0.572. The molecular formula is C14H20ClNO3. The van der Waals surface area contributed by atoms with Gasteiger partial charge in [0.25, 0.3) is 0 Å². The number of hydrogen-bond donors (Lipinski definition) is 1. The summed E-state index contributed by atoms with van der Waals surface area (Å²) < 4.78 is 15.8. The minimum Gasteiger partial charge on any atom is -0.493 e. The average Bonchev–Trinajstić information content (AvgIpc) is 2.91. The smallest absolute Gasteiger partial charge is 0.179 e. The van der Waals surface area contributed by atoms with Gasteiger partial charge in [0.2, 0.25) is 0 Å². The van der Waals surface area contributed by atoms with Crippen LogP contribution in [0.25, 0.3) is 0 Å². The van der Waals surface area contributed by atoms with Crippen molar-refractivity contribution in [2.75, 3.05) is 34.0 Å². The molecule has 0 radical (unpaired) electrons. The van der Waals surface area contributed by atoms with Gasteiger partial charge < -0.3 is 19.5 Å². The van der Waals surface area contributed by atoms with Crippen LogP contribution in [0.5, 0.6) is 11.5 Å². The van der Waals surface area contributed by atoms with Crippen molar-refractivity contribution < 1.29 is 14.2 Å². The summed E-state index contributed by atoms with van der Waals surface area (Å²) in [5, 5.41) is 4.00. The van der Waals surface area contributed by atoms with Crippen LogP contribution in [-0.4, -0.2) is 34.0 Å². The van der Waals surface area contributed by atoms with Crippen molar-refractivity contribution in [1.82, 2.24) is 5.32 Å². The third-order valence-electron chi connectivity index (χ3n) is 3.28. The number of rotatable bonds is 6. The molecule has 1 atom stereocenters. The lowest BCUT2D eigenvalue weighted by Gasteiger charge is -2.13. The molecule has 1 heterocycles. The van der Waals surface area contributed by atoms with E-state index in [1.165, 1.54) is 0 Å². The molecule has 1 unspecified atom stereocenters. The Balaban J connectivity index is 1.94. The number of methoxy groups -OCH3 is 2. The Bertz CT molecular complexity index is 419. The molecule has 2 rings (SSSR count). The second-order valence-corrected chi connectivity index (χ2v) is 5.08. The molecule has 0 bridgehead atoms. The van der Waals surface area contributed by atoms with E-state index in [9.17, 15) is 0 Å². The minimum atomic E-state index is 0.572. The average molecular weight is 286 g/mol. The molecule has 1 aliphatic heterocycles. The molecule has 1 N–H and O–H groups in total. The lowest BCUT2D eigenvalue weighted by molar-refractivity contribution is 0.185. The Kier molecular flexibility index (Phi) is 5.31. The van der Waals surface area contributed by atoms with E-state index in [2.05, 4.69) is 5.32 Å². The summed E-state index contributed by atoms with van der Waals surface area (Å²) >= 11 is 6.17. The van der Waals surface area contributed by atoms with Gasteiger partial charge in [0.1, 0.15) is 0 Å². The van der Waals surface area contributed by atoms with Gasteiger partial charge in [0, 0.05) is 19.7 Å². The molecular weight excluding hydrogens is 266 g/mol. The lowest BCUT2D eigenvalue weighted by Crippen LogP contribution is -2.22. The topological polar surface area (TPSA) is 39.7 Å². The van der Waals surface area contributed by atoms with Crippen molar-refractivity contribution in [1.29, 1.82) is 0 Å². The van der Waals surface area contributed by atoms with Crippen LogP contribution in [0.2, 0.25) is 5.02 Å². The summed E-state index contributed by atoms with van der Waals surface area (Å²) in [6.07, 6.45) is 1.14. The van der Waals surface area contributed by atoms with Crippen molar-refractivity contribution in [3.63, 3.8) is 0 Å². The molecule has 0 spiro atoms. The zero-order valence-electron chi connectivity index (χ0n) is 11.4. The van der Waals surface area contributed by atoms with E-state index in [1.54, 1.807) is 14.2 Å². The molecule has 1 saturated heterocycles. The summed E-state index contributed by atoms with van der Waals surface area (Å²) in [5.41, 5.74) is 1.08. The lowest BCUT2D eigenvalue weighted by atomic mass is 10.1. The molecule has 1 aromatic carbocycles. The normalized spacial score (nSPS) is 18.6. The molecule has 0 saturated carbocycles. The van der Waals surface area contributed by atoms with E-state index in [0.29, 0.717) is 22.4 Å². The van der Waals surface area contributed by atoms with Crippen LogP contribution < -0.4 is 14.8 Å². The fourth-order valence-corrected chi connectivity index (χ4v) is 2.55. The zero-order valence-corrected chi connectivity index (χ0v) is 12.1. The number of nitrogens with one attached hydrogen (secondary N) is 1. The van der Waals surface area contributed by atoms with E-state index < -0.39 is 0 Å². The van der Waals surface area contributed by atoms with Crippen molar-refractivity contribution in [3.8, 4) is 11.5 Å². The quantitative estimate of drug-likeness (QED) is 0.872. The third-order valence-corrected chi connectivity index (χ3v) is 3.56. The van der Waals surface area contributed by atoms with Crippen molar-refractivity contribution in [2.45, 2.75) is 13.0 Å². The predicted octanol–water partition coefficient (Wildman–Crippen LogP) is 2.48. The van der Waals surface area contributed by atoms with Crippen LogP contribution in [-0.2, 0) is 11.3 Å². The van der Waals surface area contributed by atoms with Crippen LogP contribution in [0.4, 0.5) is 0 Å². The van der Waals surface area contributed by atoms with Crippen LogP contribution in [0.1, 0.15) is 12.0 Å². The molecule has 1 fully saturated rings. The van der Waals surface area contributed by atoms with Crippen molar-refractivity contribution in [3.05, 3.63) is 22.7 Å². The number of halogens is 1. The van der Waals surface area contributed by atoms with Crippen LogP contribution in [0.3, 0.4) is 0 Å². The van der Waals surface area contributed by atoms with E-state index >= 15 is 0 Å². The maximum Gasteiger partial charge on any atom is 0.179 e. The maximum atomic E-state index is 6.17. The molecule has 1 aliphatic rings. The molecule has 106 valence electrons. The van der Waals surface area contributed by atoms with Crippen molar-refractivity contribution >= 4 is 11.6 Å². The van der Waals surface area contributed by atoms with Gasteiger partial charge in [-0.1, -0.05) is 11.6 Å². The van der Waals surface area contributed by atoms with Gasteiger partial charge >= 0.3 is 0 Å². The van der Waals surface area contributed by atoms with E-state index in [1.807, 2.05) is 12.1 Å². The maximum absolute atomic E-state index is 6.17. The van der Waals surface area contributed by atoms with E-state index in [4.69, 9.17) is 25.8 Å². The first-order valence-corrected chi connectivity index (χ1v) is 6.81. The summed E-state index contributed by atoms with van der Waals surface area (Å²) in [4.78, 5) is 0. The van der Waals surface area contributed by atoms with Crippen LogP contribution in [0, 0.1) is 5.92 Å². The van der Waals surface area contributed by atoms with Gasteiger partial charge in [-0.25, -0.2) is 0 Å². The van der Waals surface area contributed by atoms with Gasteiger partial charge in [-0.3, -0.25) is 0 Å². The monoisotopic (exact) mass is 285 g/mol. The van der Waals surface area contributed by atoms with Gasteiger partial charge in [0.05, 0.1) is 25.8 Å². The number of benzene rings is 1. The second kappa shape index (κ2) is 6.98. The third kappa shape index (κ3) is 3.75. The van der Waals surface area contributed by atoms with Gasteiger partial charge in [-0.2, -0.15) is 0 Å². The molecule has 4 nitrogen and oxygen atoms in total. The molecule has 0 amide bonds. The first-order chi connectivity index (χ1) is 9.24. The number of ether oxygens (including phenoxy) is 3. The van der Waals surface area contributed by atoms with Crippen LogP contribution >= 0.6 is 11.6 Å². The molecule has 0 aromatic heterocycles. The Morgan fingerprint density at radius 3 is 2.84 bits per heavy atom. The predicted molar refractivity (Wildman–Crippen MR) is 75.2 cm³/mol. The second-order valence-electron chi connectivity index (χ2n) is 4.67. The van der Waals surface area contributed by atoms with Gasteiger partial charge in [-0.05, 0) is 30.0 Å². The molecule has 1 aromatic rings. The first kappa shape index (κ1) is 14.4. The highest BCUT2D eigenvalue weighted by atomic mass is 35.5. The summed E-state index contributed by atoms with van der Waals surface area (Å²) in [6.45, 7) is 3.47. The van der Waals surface area contributed by atoms with E-state index in [-0.39, 0.29) is 0 Å². The molecule has 19 heavy (non-hydrogen) atoms. The highest BCUT2D eigenvalue weighted by Crippen LogP contribution is 2.35. The van der Waals surface area contributed by atoms with Gasteiger partial charge in [0.15, 0.2) is 11.5 Å². The van der Waals surface area contributed by atoms with Crippen LogP contribution in [0.15, 0.2) is 12.1 Å². The van der Waals surface area contributed by atoms with Crippen molar-refractivity contribution in [2.24, 2.45) is 5.92 Å². The Morgan fingerprint density at radius 1 is 1.37 bits per heavy atom. The van der Waals surface area contributed by atoms with Gasteiger partial charge in [-0.15, -0.1) is 0 Å². The molecule has 5 heteroatoms. The fraction of sp³-hybridized carbons (Fsp3) is 0.571. The Labute approximate surface area is 119 Å². The highest BCUT2D eigenvalue weighted by Gasteiger charge is 2.15. The van der Waals surface area contributed by atoms with E-state index in [0.717, 1.165) is 38.3 Å². The largest absolute Gasteiger partial charge is 0.493 e. The molecule has 0 aliphatic carbocycles. The first-order valence-electron chi connectivity index (χ1n) is 6.43. The summed E-state index contributed by atoms with van der Waals surface area (Å²) in [7, 11) is 3.20. The Hall–Kier alpha value is -0.970.